The fourth-order valence-electron chi connectivity index (χ4n) is 2.84. The number of hydrogen-bond acceptors (Lipinski definition) is 4. The summed E-state index contributed by atoms with van der Waals surface area (Å²) >= 11 is 1.75. The molecule has 0 radical (unpaired) electrons. The van der Waals surface area contributed by atoms with Crippen LogP contribution in [0, 0.1) is 0 Å². The molecule has 0 spiro atoms. The van der Waals surface area contributed by atoms with E-state index in [0.717, 1.165) is 19.5 Å². The van der Waals surface area contributed by atoms with Crippen molar-refractivity contribution in [3.8, 4) is 0 Å². The molecule has 0 amide bonds. The molecule has 2 heterocycles. The van der Waals surface area contributed by atoms with Crippen LogP contribution in [0.1, 0.15) is 38.8 Å². The van der Waals surface area contributed by atoms with Crippen LogP contribution in [0.25, 0.3) is 0 Å². The highest BCUT2D eigenvalue weighted by Gasteiger charge is 2.31. The maximum atomic E-state index is 6.35. The third-order valence-corrected chi connectivity index (χ3v) is 4.30. The molecule has 0 aromatic carbocycles. The molecule has 18 heavy (non-hydrogen) atoms. The summed E-state index contributed by atoms with van der Waals surface area (Å²) < 4.78 is 5.82. The topological polar surface area (TPSA) is 38.5 Å². The van der Waals surface area contributed by atoms with Crippen LogP contribution in [0.15, 0.2) is 16.8 Å². The second-order valence-corrected chi connectivity index (χ2v) is 6.06. The van der Waals surface area contributed by atoms with Gasteiger partial charge in [-0.1, -0.05) is 6.92 Å². The Hall–Kier alpha value is -0.420. The summed E-state index contributed by atoms with van der Waals surface area (Å²) in [5, 5.41) is 4.36. The van der Waals surface area contributed by atoms with E-state index in [1.165, 1.54) is 5.56 Å². The molecule has 2 unspecified atom stereocenters. The monoisotopic (exact) mass is 268 g/mol. The van der Waals surface area contributed by atoms with Crippen LogP contribution < -0.4 is 5.73 Å². The third-order valence-electron chi connectivity index (χ3n) is 3.60. The molecule has 0 saturated carbocycles. The van der Waals surface area contributed by atoms with Gasteiger partial charge in [-0.3, -0.25) is 4.90 Å². The predicted molar refractivity (Wildman–Crippen MR) is 76.9 cm³/mol. The molecule has 102 valence electrons. The highest BCUT2D eigenvalue weighted by atomic mass is 32.1. The zero-order valence-corrected chi connectivity index (χ0v) is 12.3. The normalized spacial score (nSPS) is 29.1. The molecule has 1 fully saturated rings. The van der Waals surface area contributed by atoms with Crippen molar-refractivity contribution in [1.82, 2.24) is 4.90 Å². The fraction of sp³-hybridized carbons (Fsp3) is 0.714. The molecule has 1 aromatic heterocycles. The number of nitrogens with two attached hydrogens (primary N) is 1. The summed E-state index contributed by atoms with van der Waals surface area (Å²) in [6.07, 6.45) is 1.58. The molecule has 1 saturated heterocycles. The van der Waals surface area contributed by atoms with E-state index in [9.17, 15) is 0 Å². The molecule has 1 aliphatic rings. The van der Waals surface area contributed by atoms with Gasteiger partial charge in [-0.15, -0.1) is 0 Å². The van der Waals surface area contributed by atoms with Crippen molar-refractivity contribution in [1.29, 1.82) is 0 Å². The number of ether oxygens (including phenoxy) is 1. The van der Waals surface area contributed by atoms with E-state index in [1.54, 1.807) is 11.3 Å². The van der Waals surface area contributed by atoms with Gasteiger partial charge in [-0.2, -0.15) is 11.3 Å². The summed E-state index contributed by atoms with van der Waals surface area (Å²) in [4.78, 5) is 2.50. The SMILES string of the molecule is CCC(N)C(c1ccsc1)N1C[C@@H](C)O[C@@H](C)C1. The summed E-state index contributed by atoms with van der Waals surface area (Å²) in [5.41, 5.74) is 7.71. The first-order valence-electron chi connectivity index (χ1n) is 6.79. The Labute approximate surface area is 114 Å². The average molecular weight is 268 g/mol. The van der Waals surface area contributed by atoms with Gasteiger partial charge in [0.05, 0.1) is 18.2 Å². The van der Waals surface area contributed by atoms with E-state index in [1.807, 2.05) is 0 Å². The lowest BCUT2D eigenvalue weighted by molar-refractivity contribution is -0.0838. The molecule has 4 heteroatoms. The lowest BCUT2D eigenvalue weighted by atomic mass is 9.97. The molecule has 4 atom stereocenters. The van der Waals surface area contributed by atoms with Crippen molar-refractivity contribution in [2.24, 2.45) is 5.73 Å². The summed E-state index contributed by atoms with van der Waals surface area (Å²) in [6, 6.07) is 2.72. The Bertz CT molecular complexity index is 345. The lowest BCUT2D eigenvalue weighted by Crippen LogP contribution is -2.51. The number of rotatable bonds is 4. The zero-order chi connectivity index (χ0) is 13.1. The highest BCUT2D eigenvalue weighted by Crippen LogP contribution is 2.29. The number of nitrogens with zero attached hydrogens (tertiary/aromatic N) is 1. The lowest BCUT2D eigenvalue weighted by Gasteiger charge is -2.42. The maximum absolute atomic E-state index is 6.35. The Kier molecular flexibility index (Phi) is 4.78. The van der Waals surface area contributed by atoms with Crippen LogP contribution in [0.3, 0.4) is 0 Å². The van der Waals surface area contributed by atoms with Gasteiger partial charge in [0.2, 0.25) is 0 Å². The fourth-order valence-corrected chi connectivity index (χ4v) is 3.53. The Morgan fingerprint density at radius 1 is 1.44 bits per heavy atom. The maximum Gasteiger partial charge on any atom is 0.0678 e. The van der Waals surface area contributed by atoms with Crippen LogP contribution in [0.4, 0.5) is 0 Å². The second kappa shape index (κ2) is 6.15. The van der Waals surface area contributed by atoms with Crippen molar-refractivity contribution < 1.29 is 4.74 Å². The molecule has 2 rings (SSSR count). The summed E-state index contributed by atoms with van der Waals surface area (Å²) in [6.45, 7) is 8.39. The zero-order valence-electron chi connectivity index (χ0n) is 11.5. The Morgan fingerprint density at radius 2 is 2.11 bits per heavy atom. The van der Waals surface area contributed by atoms with E-state index in [4.69, 9.17) is 10.5 Å². The van der Waals surface area contributed by atoms with E-state index < -0.39 is 0 Å². The standard InChI is InChI=1S/C14H24N2OS/c1-4-13(15)14(12-5-6-18-9-12)16-7-10(2)17-11(3)8-16/h5-6,9-11,13-14H,4,7-8,15H2,1-3H3/t10-,11+,13?,14?. The van der Waals surface area contributed by atoms with Crippen LogP contribution in [-0.2, 0) is 4.74 Å². The van der Waals surface area contributed by atoms with E-state index >= 15 is 0 Å². The molecule has 0 aliphatic carbocycles. The first kappa shape index (κ1) is 14.0. The van der Waals surface area contributed by atoms with Gasteiger partial charge >= 0.3 is 0 Å². The minimum absolute atomic E-state index is 0.192. The van der Waals surface area contributed by atoms with Crippen LogP contribution in [0.2, 0.25) is 0 Å². The molecular weight excluding hydrogens is 244 g/mol. The van der Waals surface area contributed by atoms with Gasteiger partial charge in [0.15, 0.2) is 0 Å². The van der Waals surface area contributed by atoms with Crippen molar-refractivity contribution in [2.75, 3.05) is 13.1 Å². The first-order valence-corrected chi connectivity index (χ1v) is 7.73. The van der Waals surface area contributed by atoms with Crippen LogP contribution in [0.5, 0.6) is 0 Å². The quantitative estimate of drug-likeness (QED) is 0.912. The van der Waals surface area contributed by atoms with Crippen LogP contribution in [-0.4, -0.2) is 36.2 Å². The highest BCUT2D eigenvalue weighted by molar-refractivity contribution is 7.07. The third kappa shape index (κ3) is 3.12. The largest absolute Gasteiger partial charge is 0.373 e. The van der Waals surface area contributed by atoms with Gasteiger partial charge in [0, 0.05) is 19.1 Å². The molecule has 1 aromatic rings. The molecule has 3 nitrogen and oxygen atoms in total. The summed E-state index contributed by atoms with van der Waals surface area (Å²) in [7, 11) is 0. The van der Waals surface area contributed by atoms with Gasteiger partial charge in [-0.25, -0.2) is 0 Å². The average Bonchev–Trinajstić information content (AvgIpc) is 2.81. The number of morpholine rings is 1. The van der Waals surface area contributed by atoms with Crippen molar-refractivity contribution in [3.63, 3.8) is 0 Å². The minimum Gasteiger partial charge on any atom is -0.373 e. The van der Waals surface area contributed by atoms with Gasteiger partial charge in [0.1, 0.15) is 0 Å². The Morgan fingerprint density at radius 3 is 2.61 bits per heavy atom. The minimum atomic E-state index is 0.192. The first-order chi connectivity index (χ1) is 8.61. The van der Waals surface area contributed by atoms with Crippen molar-refractivity contribution in [2.45, 2.75) is 51.5 Å². The van der Waals surface area contributed by atoms with E-state index in [2.05, 4.69) is 42.5 Å². The van der Waals surface area contributed by atoms with Gasteiger partial charge in [-0.05, 0) is 42.7 Å². The van der Waals surface area contributed by atoms with E-state index in [0.29, 0.717) is 18.2 Å². The molecular formula is C14H24N2OS. The van der Waals surface area contributed by atoms with E-state index in [-0.39, 0.29) is 6.04 Å². The smallest absolute Gasteiger partial charge is 0.0678 e. The number of thiophene rings is 1. The number of hydrogen-bond donors (Lipinski definition) is 1. The van der Waals surface area contributed by atoms with Gasteiger partial charge < -0.3 is 10.5 Å². The second-order valence-electron chi connectivity index (χ2n) is 5.28. The van der Waals surface area contributed by atoms with Crippen molar-refractivity contribution in [3.05, 3.63) is 22.4 Å². The predicted octanol–water partition coefficient (Wildman–Crippen LogP) is 2.64. The van der Waals surface area contributed by atoms with Gasteiger partial charge in [0.25, 0.3) is 0 Å². The summed E-state index contributed by atoms with van der Waals surface area (Å²) in [5.74, 6) is 0. The molecule has 1 aliphatic heterocycles. The Balaban J connectivity index is 2.18. The molecule has 0 bridgehead atoms. The van der Waals surface area contributed by atoms with Crippen LogP contribution >= 0.6 is 11.3 Å². The van der Waals surface area contributed by atoms with Crippen molar-refractivity contribution >= 4 is 11.3 Å². The molecule has 2 N–H and O–H groups in total.